The molecule has 0 saturated heterocycles. The Morgan fingerprint density at radius 3 is 2.61 bits per heavy atom. The molecule has 0 aliphatic rings. The van der Waals surface area contributed by atoms with Crippen LogP contribution in [0.3, 0.4) is 0 Å². The molecule has 0 atom stereocenters. The summed E-state index contributed by atoms with van der Waals surface area (Å²) in [5, 5.41) is 16.1. The number of hydrogen-bond acceptors (Lipinski definition) is 6. The van der Waals surface area contributed by atoms with Crippen LogP contribution >= 0.6 is 11.6 Å². The largest absolute Gasteiger partial charge is 0.494 e. The first-order valence-electron chi connectivity index (χ1n) is 9.77. The Morgan fingerprint density at radius 1 is 1.03 bits per heavy atom. The number of nitrogens with zero attached hydrogens (tertiary/aromatic N) is 4. The lowest BCUT2D eigenvalue weighted by atomic mass is 10.2. The minimum atomic E-state index is -0.185. The number of halogens is 1. The monoisotopic (exact) mass is 437 g/mol. The molecular formula is C22H20ClN5O3. The van der Waals surface area contributed by atoms with Crippen LogP contribution in [0, 0.1) is 0 Å². The van der Waals surface area contributed by atoms with Crippen molar-refractivity contribution in [1.82, 2.24) is 25.1 Å². The minimum absolute atomic E-state index is 0.185. The van der Waals surface area contributed by atoms with Gasteiger partial charge in [0.2, 0.25) is 5.88 Å². The van der Waals surface area contributed by atoms with Crippen LogP contribution in [-0.2, 0) is 0 Å². The van der Waals surface area contributed by atoms with E-state index in [9.17, 15) is 4.79 Å². The van der Waals surface area contributed by atoms with E-state index in [-0.39, 0.29) is 12.5 Å². The van der Waals surface area contributed by atoms with Gasteiger partial charge in [0.05, 0.1) is 18.2 Å². The second-order valence-corrected chi connectivity index (χ2v) is 6.91. The number of fused-ring (bicyclic) bond motifs is 1. The average molecular weight is 438 g/mol. The predicted octanol–water partition coefficient (Wildman–Crippen LogP) is 3.65. The highest BCUT2D eigenvalue weighted by Crippen LogP contribution is 2.26. The molecule has 8 nitrogen and oxygen atoms in total. The number of carbonyl (C=O) groups excluding carboxylic acids is 1. The molecule has 0 fully saturated rings. The normalized spacial score (nSPS) is 10.8. The molecule has 9 heteroatoms. The molecule has 31 heavy (non-hydrogen) atoms. The Hall–Kier alpha value is -3.65. The van der Waals surface area contributed by atoms with E-state index in [2.05, 4.69) is 20.6 Å². The highest BCUT2D eigenvalue weighted by Gasteiger charge is 2.13. The number of hydrogen-bond donors (Lipinski definition) is 1. The summed E-state index contributed by atoms with van der Waals surface area (Å²) in [5.74, 6) is 1.45. The summed E-state index contributed by atoms with van der Waals surface area (Å²) in [6.45, 7) is 3.07. The van der Waals surface area contributed by atoms with E-state index in [1.807, 2.05) is 25.1 Å². The van der Waals surface area contributed by atoms with Gasteiger partial charge in [0.15, 0.2) is 11.5 Å². The topological polar surface area (TPSA) is 90.6 Å². The summed E-state index contributed by atoms with van der Waals surface area (Å²) in [5.41, 5.74) is 1.85. The maximum absolute atomic E-state index is 12.2. The maximum Gasteiger partial charge on any atom is 0.251 e. The highest BCUT2D eigenvalue weighted by atomic mass is 35.5. The van der Waals surface area contributed by atoms with Crippen LogP contribution < -0.4 is 14.8 Å². The molecule has 2 aromatic carbocycles. The van der Waals surface area contributed by atoms with Crippen molar-refractivity contribution in [2.45, 2.75) is 6.92 Å². The zero-order valence-electron chi connectivity index (χ0n) is 16.8. The standard InChI is InChI=1S/C22H20ClN5O3/c1-2-30-16-9-7-15(8-10-16)22(29)24-13-14-31-20-12-11-19-25-26-21(28(19)27-20)17-5-3-4-6-18(17)23/h3-12H,2,13-14H2,1H3,(H,24,29). The van der Waals surface area contributed by atoms with Crippen molar-refractivity contribution in [1.29, 1.82) is 0 Å². The fraction of sp³-hybridized carbons (Fsp3) is 0.182. The lowest BCUT2D eigenvalue weighted by Gasteiger charge is -2.08. The molecule has 0 aliphatic carbocycles. The van der Waals surface area contributed by atoms with Crippen LogP contribution in [0.1, 0.15) is 17.3 Å². The lowest BCUT2D eigenvalue weighted by molar-refractivity contribution is 0.0946. The van der Waals surface area contributed by atoms with Crippen LogP contribution in [-0.4, -0.2) is 45.5 Å². The fourth-order valence-corrected chi connectivity index (χ4v) is 3.17. The molecule has 0 radical (unpaired) electrons. The second kappa shape index (κ2) is 9.44. The number of nitrogens with one attached hydrogen (secondary N) is 1. The fourth-order valence-electron chi connectivity index (χ4n) is 2.95. The van der Waals surface area contributed by atoms with E-state index in [1.165, 1.54) is 0 Å². The van der Waals surface area contributed by atoms with E-state index >= 15 is 0 Å². The van der Waals surface area contributed by atoms with Gasteiger partial charge in [-0.25, -0.2) is 0 Å². The van der Waals surface area contributed by atoms with Crippen molar-refractivity contribution in [2.75, 3.05) is 19.8 Å². The van der Waals surface area contributed by atoms with Gasteiger partial charge >= 0.3 is 0 Å². The van der Waals surface area contributed by atoms with E-state index in [0.717, 1.165) is 11.3 Å². The molecule has 0 unspecified atom stereocenters. The summed E-state index contributed by atoms with van der Waals surface area (Å²) in [4.78, 5) is 12.2. The zero-order valence-corrected chi connectivity index (χ0v) is 17.5. The van der Waals surface area contributed by atoms with Gasteiger partial charge < -0.3 is 14.8 Å². The molecule has 2 heterocycles. The molecule has 0 spiro atoms. The van der Waals surface area contributed by atoms with Gasteiger partial charge in [-0.1, -0.05) is 23.7 Å². The summed E-state index contributed by atoms with van der Waals surface area (Å²) < 4.78 is 12.6. The quantitative estimate of drug-likeness (QED) is 0.423. The van der Waals surface area contributed by atoms with Gasteiger partial charge in [-0.3, -0.25) is 4.79 Å². The smallest absolute Gasteiger partial charge is 0.251 e. The Labute approximate surface area is 183 Å². The zero-order chi connectivity index (χ0) is 21.6. The average Bonchev–Trinajstić information content (AvgIpc) is 3.21. The molecule has 1 amide bonds. The van der Waals surface area contributed by atoms with Crippen LogP contribution in [0.15, 0.2) is 60.7 Å². The van der Waals surface area contributed by atoms with Crippen LogP contribution in [0.2, 0.25) is 5.02 Å². The predicted molar refractivity (Wildman–Crippen MR) is 117 cm³/mol. The van der Waals surface area contributed by atoms with Crippen molar-refractivity contribution >= 4 is 23.2 Å². The van der Waals surface area contributed by atoms with Gasteiger partial charge in [-0.05, 0) is 49.4 Å². The Bertz CT molecular complexity index is 1190. The molecule has 2 aromatic heterocycles. The SMILES string of the molecule is CCOc1ccc(C(=O)NCCOc2ccc3nnc(-c4ccccc4Cl)n3n2)cc1. The van der Waals surface area contributed by atoms with E-state index in [0.29, 0.717) is 41.1 Å². The van der Waals surface area contributed by atoms with Gasteiger partial charge in [-0.2, -0.15) is 4.52 Å². The number of aromatic nitrogens is 4. The third kappa shape index (κ3) is 4.75. The van der Waals surface area contributed by atoms with Crippen LogP contribution in [0.5, 0.6) is 11.6 Å². The van der Waals surface area contributed by atoms with E-state index < -0.39 is 0 Å². The molecule has 0 aliphatic heterocycles. The second-order valence-electron chi connectivity index (χ2n) is 6.51. The van der Waals surface area contributed by atoms with Gasteiger partial charge in [-0.15, -0.1) is 15.3 Å². The first kappa shape index (κ1) is 20.6. The van der Waals surface area contributed by atoms with Crippen molar-refractivity contribution in [3.05, 3.63) is 71.2 Å². The third-order valence-corrected chi connectivity index (χ3v) is 4.75. The number of rotatable bonds is 8. The summed E-state index contributed by atoms with van der Waals surface area (Å²) in [6, 6.07) is 17.8. The first-order valence-corrected chi connectivity index (χ1v) is 10.1. The van der Waals surface area contributed by atoms with E-state index in [1.54, 1.807) is 47.0 Å². The van der Waals surface area contributed by atoms with Gasteiger partial charge in [0, 0.05) is 17.2 Å². The number of benzene rings is 2. The highest BCUT2D eigenvalue weighted by molar-refractivity contribution is 6.33. The summed E-state index contributed by atoms with van der Waals surface area (Å²) in [6.07, 6.45) is 0. The van der Waals surface area contributed by atoms with Crippen molar-refractivity contribution in [3.8, 4) is 23.0 Å². The first-order chi connectivity index (χ1) is 15.2. The van der Waals surface area contributed by atoms with Crippen LogP contribution in [0.4, 0.5) is 0 Å². The van der Waals surface area contributed by atoms with Gasteiger partial charge in [0.1, 0.15) is 12.4 Å². The minimum Gasteiger partial charge on any atom is -0.494 e. The maximum atomic E-state index is 12.2. The Kier molecular flexibility index (Phi) is 6.28. The molecule has 4 rings (SSSR count). The summed E-state index contributed by atoms with van der Waals surface area (Å²) in [7, 11) is 0. The Morgan fingerprint density at radius 2 is 1.84 bits per heavy atom. The van der Waals surface area contributed by atoms with E-state index in [4.69, 9.17) is 21.1 Å². The van der Waals surface area contributed by atoms with Gasteiger partial charge in [0.25, 0.3) is 5.91 Å². The Balaban J connectivity index is 1.36. The number of carbonyl (C=O) groups is 1. The molecular weight excluding hydrogens is 418 g/mol. The molecule has 1 N–H and O–H groups in total. The molecule has 158 valence electrons. The van der Waals surface area contributed by atoms with Crippen molar-refractivity contribution in [2.24, 2.45) is 0 Å². The molecule has 0 saturated carbocycles. The lowest BCUT2D eigenvalue weighted by Crippen LogP contribution is -2.28. The third-order valence-electron chi connectivity index (χ3n) is 4.42. The number of ether oxygens (including phenoxy) is 2. The number of amides is 1. The molecule has 4 aromatic rings. The van der Waals surface area contributed by atoms with Crippen molar-refractivity contribution < 1.29 is 14.3 Å². The van der Waals surface area contributed by atoms with Crippen molar-refractivity contribution in [3.63, 3.8) is 0 Å². The van der Waals surface area contributed by atoms with Crippen LogP contribution in [0.25, 0.3) is 17.0 Å². The summed E-state index contributed by atoms with van der Waals surface area (Å²) >= 11 is 6.28. The molecule has 0 bridgehead atoms.